The average Bonchev–Trinajstić information content (AvgIpc) is 3.39. The van der Waals surface area contributed by atoms with Crippen LogP contribution in [-0.2, 0) is 14.8 Å². The summed E-state index contributed by atoms with van der Waals surface area (Å²) < 4.78 is 27.6. The van der Waals surface area contributed by atoms with Crippen molar-refractivity contribution in [1.29, 1.82) is 0 Å². The van der Waals surface area contributed by atoms with Gasteiger partial charge in [0.1, 0.15) is 0 Å². The Balaban J connectivity index is 1.34. The van der Waals surface area contributed by atoms with Crippen LogP contribution in [0.25, 0.3) is 11.1 Å². The summed E-state index contributed by atoms with van der Waals surface area (Å²) in [5.41, 5.74) is 2.55. The maximum Gasteiger partial charge on any atom is 0.265 e. The second-order valence-electron chi connectivity index (χ2n) is 8.34. The molecule has 35 heavy (non-hydrogen) atoms. The summed E-state index contributed by atoms with van der Waals surface area (Å²) in [5.74, 6) is -0.219. The number of thiophene rings is 1. The number of rotatable bonds is 8. The van der Waals surface area contributed by atoms with Gasteiger partial charge < -0.3 is 10.6 Å². The maximum atomic E-state index is 13.1. The Kier molecular flexibility index (Phi) is 7.80. The van der Waals surface area contributed by atoms with Crippen molar-refractivity contribution in [3.63, 3.8) is 0 Å². The van der Waals surface area contributed by atoms with Gasteiger partial charge in [0.25, 0.3) is 5.91 Å². The van der Waals surface area contributed by atoms with Gasteiger partial charge in [-0.1, -0.05) is 36.9 Å². The quantitative estimate of drug-likeness (QED) is 0.441. The van der Waals surface area contributed by atoms with Crippen LogP contribution in [0, 0.1) is 5.92 Å². The summed E-state index contributed by atoms with van der Waals surface area (Å²) in [5, 5.41) is 7.55. The van der Waals surface area contributed by atoms with Gasteiger partial charge in [0, 0.05) is 25.3 Å². The van der Waals surface area contributed by atoms with Crippen LogP contribution in [0.15, 0.2) is 83.6 Å². The standard InChI is InChI=1S/C26H27N3O4S2/c1-2-25(30)27-17-19-12-14-29(15-13-19)35(32,33)23-10-8-22(9-11-23)28-26(31)24-16-21(18-34-24)20-6-4-3-5-7-20/h2-11,16,18-19H,1,12-15,17H2,(H,27,30)(H,28,31). The van der Waals surface area contributed by atoms with Crippen LogP contribution in [-0.4, -0.2) is 44.2 Å². The molecular formula is C26H27N3O4S2. The number of anilines is 1. The molecule has 0 saturated carbocycles. The zero-order valence-corrected chi connectivity index (χ0v) is 20.8. The fourth-order valence-corrected chi connectivity index (χ4v) is 6.24. The highest BCUT2D eigenvalue weighted by atomic mass is 32.2. The highest BCUT2D eigenvalue weighted by Gasteiger charge is 2.29. The number of nitrogens with zero attached hydrogens (tertiary/aromatic N) is 1. The van der Waals surface area contributed by atoms with E-state index in [9.17, 15) is 18.0 Å². The lowest BCUT2D eigenvalue weighted by molar-refractivity contribution is -0.116. The van der Waals surface area contributed by atoms with E-state index in [0.29, 0.717) is 43.0 Å². The van der Waals surface area contributed by atoms with Crippen molar-refractivity contribution in [3.05, 3.63) is 83.6 Å². The van der Waals surface area contributed by atoms with Crippen LogP contribution < -0.4 is 10.6 Å². The molecule has 1 aromatic heterocycles. The number of amides is 2. The number of hydrogen-bond donors (Lipinski definition) is 2. The average molecular weight is 510 g/mol. The fourth-order valence-electron chi connectivity index (χ4n) is 3.96. The molecule has 2 aromatic carbocycles. The van der Waals surface area contributed by atoms with Gasteiger partial charge in [-0.15, -0.1) is 11.3 Å². The van der Waals surface area contributed by atoms with E-state index in [1.165, 1.54) is 33.9 Å². The number of carbonyl (C=O) groups is 2. The predicted molar refractivity (Wildman–Crippen MR) is 139 cm³/mol. The summed E-state index contributed by atoms with van der Waals surface area (Å²) in [6.45, 7) is 4.75. The molecule has 0 aliphatic carbocycles. The second-order valence-corrected chi connectivity index (χ2v) is 11.2. The molecule has 0 spiro atoms. The first-order valence-corrected chi connectivity index (χ1v) is 13.6. The van der Waals surface area contributed by atoms with Crippen LogP contribution in [0.1, 0.15) is 22.5 Å². The van der Waals surface area contributed by atoms with Crippen LogP contribution in [0.2, 0.25) is 0 Å². The number of hydrogen-bond acceptors (Lipinski definition) is 5. The molecule has 2 heterocycles. The molecule has 1 aliphatic rings. The molecule has 3 aromatic rings. The molecule has 2 N–H and O–H groups in total. The maximum absolute atomic E-state index is 13.1. The molecule has 9 heteroatoms. The van der Waals surface area contributed by atoms with Crippen molar-refractivity contribution >= 4 is 38.9 Å². The topological polar surface area (TPSA) is 95.6 Å². The highest BCUT2D eigenvalue weighted by Crippen LogP contribution is 2.27. The minimum Gasteiger partial charge on any atom is -0.352 e. The third-order valence-corrected chi connectivity index (χ3v) is 8.85. The number of carbonyl (C=O) groups excluding carboxylic acids is 2. The molecule has 0 radical (unpaired) electrons. The number of benzene rings is 2. The van der Waals surface area contributed by atoms with Crippen LogP contribution in [0.4, 0.5) is 5.69 Å². The smallest absolute Gasteiger partial charge is 0.265 e. The summed E-state index contributed by atoms with van der Waals surface area (Å²) >= 11 is 1.36. The Morgan fingerprint density at radius 2 is 1.71 bits per heavy atom. The first-order valence-electron chi connectivity index (χ1n) is 11.3. The predicted octanol–water partition coefficient (Wildman–Crippen LogP) is 4.37. The van der Waals surface area contributed by atoms with Crippen molar-refractivity contribution < 1.29 is 18.0 Å². The molecule has 2 amide bonds. The Bertz CT molecular complexity index is 1290. The van der Waals surface area contributed by atoms with E-state index in [1.807, 2.05) is 41.8 Å². The van der Waals surface area contributed by atoms with Crippen molar-refractivity contribution in [2.24, 2.45) is 5.92 Å². The lowest BCUT2D eigenvalue weighted by atomic mass is 9.98. The first kappa shape index (κ1) is 24.8. The Labute approximate surface area is 209 Å². The van der Waals surface area contributed by atoms with Crippen molar-refractivity contribution in [2.75, 3.05) is 25.0 Å². The van der Waals surface area contributed by atoms with Gasteiger partial charge in [-0.3, -0.25) is 9.59 Å². The minimum absolute atomic E-state index is 0.191. The summed E-state index contributed by atoms with van der Waals surface area (Å²) in [7, 11) is -3.63. The van der Waals surface area contributed by atoms with Gasteiger partial charge >= 0.3 is 0 Å². The van der Waals surface area contributed by atoms with E-state index in [-0.39, 0.29) is 22.6 Å². The summed E-state index contributed by atoms with van der Waals surface area (Å²) in [6.07, 6.45) is 2.58. The molecule has 0 bridgehead atoms. The summed E-state index contributed by atoms with van der Waals surface area (Å²) in [6, 6.07) is 17.9. The largest absolute Gasteiger partial charge is 0.352 e. The Hall–Kier alpha value is -3.27. The van der Waals surface area contributed by atoms with Crippen LogP contribution in [0.5, 0.6) is 0 Å². The van der Waals surface area contributed by atoms with Gasteiger partial charge in [-0.05, 0) is 71.7 Å². The second kappa shape index (κ2) is 11.0. The minimum atomic E-state index is -3.63. The lowest BCUT2D eigenvalue weighted by Gasteiger charge is -2.31. The molecule has 0 atom stereocenters. The zero-order chi connectivity index (χ0) is 24.8. The lowest BCUT2D eigenvalue weighted by Crippen LogP contribution is -2.41. The number of piperidine rings is 1. The molecule has 182 valence electrons. The third-order valence-electron chi connectivity index (χ3n) is 6.00. The van der Waals surface area contributed by atoms with Gasteiger partial charge in [0.2, 0.25) is 15.9 Å². The molecular weight excluding hydrogens is 482 g/mol. The van der Waals surface area contributed by atoms with Crippen LogP contribution in [0.3, 0.4) is 0 Å². The number of nitrogens with one attached hydrogen (secondary N) is 2. The van der Waals surface area contributed by atoms with E-state index in [1.54, 1.807) is 12.1 Å². The first-order chi connectivity index (χ1) is 16.9. The molecule has 4 rings (SSSR count). The van der Waals surface area contributed by atoms with E-state index < -0.39 is 10.0 Å². The van der Waals surface area contributed by atoms with Crippen LogP contribution >= 0.6 is 11.3 Å². The monoisotopic (exact) mass is 509 g/mol. The zero-order valence-electron chi connectivity index (χ0n) is 19.1. The Morgan fingerprint density at radius 3 is 2.37 bits per heavy atom. The van der Waals surface area contributed by atoms with Gasteiger partial charge in [-0.2, -0.15) is 4.31 Å². The van der Waals surface area contributed by atoms with Gasteiger partial charge in [0.05, 0.1) is 9.77 Å². The van der Waals surface area contributed by atoms with E-state index in [0.717, 1.165) is 11.1 Å². The fraction of sp³-hybridized carbons (Fsp3) is 0.231. The summed E-state index contributed by atoms with van der Waals surface area (Å²) in [4.78, 5) is 24.8. The van der Waals surface area contributed by atoms with Crippen molar-refractivity contribution in [3.8, 4) is 11.1 Å². The van der Waals surface area contributed by atoms with Gasteiger partial charge in [-0.25, -0.2) is 8.42 Å². The van der Waals surface area contributed by atoms with E-state index in [4.69, 9.17) is 0 Å². The normalized spacial score (nSPS) is 14.9. The molecule has 1 aliphatic heterocycles. The van der Waals surface area contributed by atoms with Crippen molar-refractivity contribution in [1.82, 2.24) is 9.62 Å². The Morgan fingerprint density at radius 1 is 1.03 bits per heavy atom. The van der Waals surface area contributed by atoms with Crippen molar-refractivity contribution in [2.45, 2.75) is 17.7 Å². The molecule has 1 fully saturated rings. The molecule has 7 nitrogen and oxygen atoms in total. The number of sulfonamides is 1. The van der Waals surface area contributed by atoms with Gasteiger partial charge in [0.15, 0.2) is 0 Å². The molecule has 0 unspecified atom stereocenters. The third kappa shape index (κ3) is 6.05. The SMILES string of the molecule is C=CC(=O)NCC1CCN(S(=O)(=O)c2ccc(NC(=O)c3cc(-c4ccccc4)cs3)cc2)CC1. The van der Waals surface area contributed by atoms with E-state index in [2.05, 4.69) is 17.2 Å². The molecule has 1 saturated heterocycles. The van der Waals surface area contributed by atoms with E-state index >= 15 is 0 Å². The highest BCUT2D eigenvalue weighted by molar-refractivity contribution is 7.89.